The minimum atomic E-state index is -0.696. The van der Waals surface area contributed by atoms with E-state index >= 15 is 0 Å². The summed E-state index contributed by atoms with van der Waals surface area (Å²) in [6.07, 6.45) is 0. The van der Waals surface area contributed by atoms with Gasteiger partial charge in [0, 0.05) is 12.6 Å². The average molecular weight is 400 g/mol. The van der Waals surface area contributed by atoms with Gasteiger partial charge in [-0.25, -0.2) is 4.39 Å². The molecule has 0 aliphatic carbocycles. The lowest BCUT2D eigenvalue weighted by Crippen LogP contribution is -2.50. The van der Waals surface area contributed by atoms with Gasteiger partial charge in [-0.3, -0.25) is 9.59 Å². The van der Waals surface area contributed by atoms with Gasteiger partial charge in [0.2, 0.25) is 5.91 Å². The maximum absolute atomic E-state index is 13.2. The van der Waals surface area contributed by atoms with Gasteiger partial charge in [-0.2, -0.15) is 0 Å². The highest BCUT2D eigenvalue weighted by Crippen LogP contribution is 2.17. The van der Waals surface area contributed by atoms with Crippen molar-refractivity contribution >= 4 is 11.8 Å². The number of rotatable bonds is 8. The molecule has 6 heteroatoms. The van der Waals surface area contributed by atoms with Gasteiger partial charge in [0.1, 0.15) is 17.6 Å². The number of aryl methyl sites for hydroxylation is 2. The highest BCUT2D eigenvalue weighted by molar-refractivity contribution is 5.88. The van der Waals surface area contributed by atoms with Crippen LogP contribution in [0.25, 0.3) is 0 Å². The molecule has 0 saturated carbocycles. The Labute approximate surface area is 171 Å². The maximum Gasteiger partial charge on any atom is 0.261 e. The summed E-state index contributed by atoms with van der Waals surface area (Å²) in [5.74, 6) is -0.321. The zero-order valence-electron chi connectivity index (χ0n) is 17.7. The Bertz CT molecular complexity index is 850. The molecule has 1 unspecified atom stereocenters. The predicted molar refractivity (Wildman–Crippen MR) is 111 cm³/mol. The van der Waals surface area contributed by atoms with Gasteiger partial charge in [0.15, 0.2) is 6.61 Å². The predicted octanol–water partition coefficient (Wildman–Crippen LogP) is 3.76. The molecule has 0 bridgehead atoms. The van der Waals surface area contributed by atoms with E-state index in [2.05, 4.69) is 5.32 Å². The second-order valence-electron chi connectivity index (χ2n) is 7.52. The van der Waals surface area contributed by atoms with Crippen molar-refractivity contribution in [3.63, 3.8) is 0 Å². The number of hydrogen-bond acceptors (Lipinski definition) is 3. The molecule has 2 aromatic rings. The molecule has 0 fully saturated rings. The summed E-state index contributed by atoms with van der Waals surface area (Å²) in [5, 5.41) is 2.83. The van der Waals surface area contributed by atoms with E-state index in [9.17, 15) is 14.0 Å². The summed E-state index contributed by atoms with van der Waals surface area (Å²) in [4.78, 5) is 26.9. The molecule has 5 nitrogen and oxygen atoms in total. The number of carbonyl (C=O) groups excluding carboxylic acids is 2. The molecule has 0 spiro atoms. The number of carbonyl (C=O) groups is 2. The minimum absolute atomic E-state index is 0.0421. The van der Waals surface area contributed by atoms with Gasteiger partial charge in [-0.1, -0.05) is 18.2 Å². The zero-order chi connectivity index (χ0) is 21.6. The van der Waals surface area contributed by atoms with Crippen LogP contribution in [0.15, 0.2) is 42.5 Å². The summed E-state index contributed by atoms with van der Waals surface area (Å²) in [5.41, 5.74) is 2.94. The lowest BCUT2D eigenvalue weighted by molar-refractivity contribution is -0.142. The minimum Gasteiger partial charge on any atom is -0.484 e. The van der Waals surface area contributed by atoms with E-state index in [0.29, 0.717) is 5.75 Å². The van der Waals surface area contributed by atoms with Crippen molar-refractivity contribution < 1.29 is 18.7 Å². The van der Waals surface area contributed by atoms with E-state index in [4.69, 9.17) is 4.74 Å². The van der Waals surface area contributed by atoms with E-state index in [1.54, 1.807) is 19.1 Å². The van der Waals surface area contributed by atoms with Crippen molar-refractivity contribution in [2.45, 2.75) is 53.2 Å². The molecule has 2 aromatic carbocycles. The van der Waals surface area contributed by atoms with Crippen molar-refractivity contribution in [2.24, 2.45) is 0 Å². The van der Waals surface area contributed by atoms with E-state index < -0.39 is 6.04 Å². The van der Waals surface area contributed by atoms with Crippen molar-refractivity contribution in [3.05, 3.63) is 65.0 Å². The summed E-state index contributed by atoms with van der Waals surface area (Å²) < 4.78 is 18.9. The fraction of sp³-hybridized carbons (Fsp3) is 0.391. The number of nitrogens with one attached hydrogen (secondary N) is 1. The topological polar surface area (TPSA) is 58.6 Å². The Morgan fingerprint density at radius 3 is 2.28 bits per heavy atom. The van der Waals surface area contributed by atoms with Gasteiger partial charge < -0.3 is 15.0 Å². The van der Waals surface area contributed by atoms with Gasteiger partial charge in [0.05, 0.1) is 0 Å². The number of hydrogen-bond donors (Lipinski definition) is 1. The fourth-order valence-corrected chi connectivity index (χ4v) is 2.81. The van der Waals surface area contributed by atoms with Crippen LogP contribution in [0.2, 0.25) is 0 Å². The van der Waals surface area contributed by atoms with Crippen LogP contribution < -0.4 is 10.1 Å². The van der Waals surface area contributed by atoms with Crippen LogP contribution in [0.3, 0.4) is 0 Å². The normalized spacial score (nSPS) is 11.8. The Morgan fingerprint density at radius 1 is 1.03 bits per heavy atom. The molecule has 156 valence electrons. The second-order valence-corrected chi connectivity index (χ2v) is 7.52. The molecule has 1 atom stereocenters. The van der Waals surface area contributed by atoms with Gasteiger partial charge in [0.25, 0.3) is 5.91 Å². The molecular weight excluding hydrogens is 371 g/mol. The number of amides is 2. The zero-order valence-corrected chi connectivity index (χ0v) is 17.7. The van der Waals surface area contributed by atoms with Crippen LogP contribution in [0.1, 0.15) is 37.5 Å². The molecule has 2 amide bonds. The highest BCUT2D eigenvalue weighted by atomic mass is 19.1. The smallest absolute Gasteiger partial charge is 0.261 e. The molecule has 0 aromatic heterocycles. The van der Waals surface area contributed by atoms with E-state index in [1.165, 1.54) is 17.0 Å². The average Bonchev–Trinajstić information content (AvgIpc) is 2.67. The van der Waals surface area contributed by atoms with Crippen molar-refractivity contribution in [2.75, 3.05) is 6.61 Å². The van der Waals surface area contributed by atoms with E-state index in [1.807, 2.05) is 45.9 Å². The molecule has 0 radical (unpaired) electrons. The summed E-state index contributed by atoms with van der Waals surface area (Å²) in [6, 6.07) is 10.8. The first kappa shape index (κ1) is 22.4. The Kier molecular flexibility index (Phi) is 7.76. The fourth-order valence-electron chi connectivity index (χ4n) is 2.81. The van der Waals surface area contributed by atoms with Gasteiger partial charge >= 0.3 is 0 Å². The molecule has 0 aliphatic heterocycles. The maximum atomic E-state index is 13.2. The van der Waals surface area contributed by atoms with E-state index in [-0.39, 0.29) is 36.8 Å². The molecular formula is C23H29FN2O3. The lowest BCUT2D eigenvalue weighted by Gasteiger charge is -2.29. The third-order valence-corrected chi connectivity index (χ3v) is 4.71. The quantitative estimate of drug-likeness (QED) is 0.734. The SMILES string of the molecule is Cc1ccc(OCC(=O)N(Cc2ccc(F)cc2)C(C)C(=O)NC(C)C)cc1C. The van der Waals surface area contributed by atoms with E-state index in [0.717, 1.165) is 16.7 Å². The molecule has 29 heavy (non-hydrogen) atoms. The van der Waals surface area contributed by atoms with Crippen LogP contribution >= 0.6 is 0 Å². The number of nitrogens with zero attached hydrogens (tertiary/aromatic N) is 1. The third-order valence-electron chi connectivity index (χ3n) is 4.71. The summed E-state index contributed by atoms with van der Waals surface area (Å²) in [6.45, 7) is 9.37. The lowest BCUT2D eigenvalue weighted by atomic mass is 10.1. The first-order valence-electron chi connectivity index (χ1n) is 9.71. The number of halogens is 1. The first-order valence-corrected chi connectivity index (χ1v) is 9.71. The first-order chi connectivity index (χ1) is 13.7. The second kappa shape index (κ2) is 10.0. The Balaban J connectivity index is 2.15. The van der Waals surface area contributed by atoms with Crippen LogP contribution in [-0.2, 0) is 16.1 Å². The monoisotopic (exact) mass is 400 g/mol. The third kappa shape index (κ3) is 6.59. The highest BCUT2D eigenvalue weighted by Gasteiger charge is 2.26. The number of benzene rings is 2. The largest absolute Gasteiger partial charge is 0.484 e. The van der Waals surface area contributed by atoms with Crippen LogP contribution in [-0.4, -0.2) is 35.4 Å². The van der Waals surface area contributed by atoms with Gasteiger partial charge in [-0.05, 0) is 75.6 Å². The van der Waals surface area contributed by atoms with Crippen molar-refractivity contribution in [1.82, 2.24) is 10.2 Å². The standard InChI is InChI=1S/C23H29FN2O3/c1-15(2)25-23(28)18(5)26(13-19-7-9-20(24)10-8-19)22(27)14-29-21-11-6-16(3)17(4)12-21/h6-12,15,18H,13-14H2,1-5H3,(H,25,28). The molecule has 0 heterocycles. The van der Waals surface area contributed by atoms with Gasteiger partial charge in [-0.15, -0.1) is 0 Å². The Morgan fingerprint density at radius 2 is 1.69 bits per heavy atom. The van der Waals surface area contributed by atoms with Crippen molar-refractivity contribution in [3.8, 4) is 5.75 Å². The molecule has 1 N–H and O–H groups in total. The number of ether oxygens (including phenoxy) is 1. The van der Waals surface area contributed by atoms with Crippen LogP contribution in [0, 0.1) is 19.7 Å². The van der Waals surface area contributed by atoms with Crippen LogP contribution in [0.4, 0.5) is 4.39 Å². The Hall–Kier alpha value is -2.89. The summed E-state index contributed by atoms with van der Waals surface area (Å²) >= 11 is 0. The molecule has 2 rings (SSSR count). The van der Waals surface area contributed by atoms with Crippen LogP contribution in [0.5, 0.6) is 5.75 Å². The molecule has 0 saturated heterocycles. The molecule has 0 aliphatic rings. The van der Waals surface area contributed by atoms with Crippen molar-refractivity contribution in [1.29, 1.82) is 0 Å². The summed E-state index contributed by atoms with van der Waals surface area (Å²) in [7, 11) is 0.